The molecule has 0 bridgehead atoms. The third-order valence-corrected chi connectivity index (χ3v) is 8.30. The van der Waals surface area contributed by atoms with Crippen molar-refractivity contribution in [3.8, 4) is 0 Å². The number of carbonyl (C=O) groups excluding carboxylic acids is 2. The molecule has 0 N–H and O–H groups in total. The fraction of sp³-hybridized carbons (Fsp3) is 0.462. The molecule has 0 aliphatic carbocycles. The summed E-state index contributed by atoms with van der Waals surface area (Å²) < 4.78 is 20.7. The Labute approximate surface area is 209 Å². The standard InChI is InChI=1S/C26H28Br2N2O2/c1-15-3-13-21-26(32)30-22(14-4-16(2)24(30)18-7-11-20(28)12-8-18)25(31)29(21)23(15)17-5-9-19(27)10-6-17/h5-12,15-16,21-24H,3-4,13-14H2,1-2H3/t15-,16-,21+,22+,23-,24-/m1/s1/i21D,22D. The van der Waals surface area contributed by atoms with Crippen LogP contribution in [0, 0.1) is 11.8 Å². The number of rotatable bonds is 2. The minimum Gasteiger partial charge on any atom is -0.322 e. The molecule has 6 atom stereocenters. The molecular weight excluding hydrogens is 532 g/mol. The van der Waals surface area contributed by atoms with Gasteiger partial charge in [-0.05, 0) is 72.9 Å². The van der Waals surface area contributed by atoms with Crippen LogP contribution in [0.5, 0.6) is 0 Å². The van der Waals surface area contributed by atoms with Gasteiger partial charge in [-0.1, -0.05) is 70.0 Å². The second-order valence-corrected chi connectivity index (χ2v) is 11.1. The highest BCUT2D eigenvalue weighted by Crippen LogP contribution is 2.48. The molecule has 3 heterocycles. The van der Waals surface area contributed by atoms with Crippen molar-refractivity contribution in [3.63, 3.8) is 0 Å². The van der Waals surface area contributed by atoms with E-state index in [0.717, 1.165) is 20.1 Å². The minimum absolute atomic E-state index is 0.0799. The first-order valence-corrected chi connectivity index (χ1v) is 12.8. The van der Waals surface area contributed by atoms with Gasteiger partial charge in [0.1, 0.15) is 12.0 Å². The zero-order chi connectivity index (χ0) is 24.4. The van der Waals surface area contributed by atoms with Gasteiger partial charge in [-0.25, -0.2) is 0 Å². The summed E-state index contributed by atoms with van der Waals surface area (Å²) in [6.45, 7) is 4.14. The summed E-state index contributed by atoms with van der Waals surface area (Å²) in [5, 5.41) is 0. The van der Waals surface area contributed by atoms with E-state index in [2.05, 4.69) is 45.7 Å². The van der Waals surface area contributed by atoms with Crippen molar-refractivity contribution >= 4 is 43.7 Å². The van der Waals surface area contributed by atoms with Crippen molar-refractivity contribution in [2.24, 2.45) is 11.8 Å². The van der Waals surface area contributed by atoms with Gasteiger partial charge >= 0.3 is 0 Å². The Balaban J connectivity index is 1.63. The van der Waals surface area contributed by atoms with E-state index in [0.29, 0.717) is 12.8 Å². The molecule has 3 saturated heterocycles. The van der Waals surface area contributed by atoms with Crippen molar-refractivity contribution in [3.05, 3.63) is 68.6 Å². The normalized spacial score (nSPS) is 38.0. The third-order valence-electron chi connectivity index (χ3n) is 7.24. The molecule has 4 nitrogen and oxygen atoms in total. The molecule has 0 spiro atoms. The van der Waals surface area contributed by atoms with E-state index in [-0.39, 0.29) is 24.7 Å². The maximum atomic E-state index is 14.2. The number of fused-ring (bicyclic) bond motifs is 2. The van der Waals surface area contributed by atoms with Crippen LogP contribution < -0.4 is 0 Å². The van der Waals surface area contributed by atoms with Gasteiger partial charge in [0.2, 0.25) is 11.8 Å². The number of benzene rings is 2. The molecule has 2 aromatic rings. The molecule has 32 heavy (non-hydrogen) atoms. The summed E-state index contributed by atoms with van der Waals surface area (Å²) in [6, 6.07) is 11.2. The fourth-order valence-corrected chi connectivity index (χ4v) is 6.13. The Morgan fingerprint density at radius 2 is 1.03 bits per heavy atom. The molecule has 3 aliphatic rings. The molecule has 0 radical (unpaired) electrons. The minimum atomic E-state index is -1.71. The second kappa shape index (κ2) is 8.60. The summed E-state index contributed by atoms with van der Waals surface area (Å²) >= 11 is 6.93. The maximum absolute atomic E-state index is 14.2. The topological polar surface area (TPSA) is 40.6 Å². The number of hydrogen-bond donors (Lipinski definition) is 0. The lowest BCUT2D eigenvalue weighted by Gasteiger charge is -2.56. The Hall–Kier alpha value is -1.66. The first-order chi connectivity index (χ1) is 16.1. The average molecular weight is 562 g/mol. The number of piperidine rings is 2. The van der Waals surface area contributed by atoms with E-state index in [9.17, 15) is 12.3 Å². The zero-order valence-electron chi connectivity index (χ0n) is 20.2. The van der Waals surface area contributed by atoms with Gasteiger partial charge in [0.05, 0.1) is 14.8 Å². The zero-order valence-corrected chi connectivity index (χ0v) is 21.4. The predicted octanol–water partition coefficient (Wildman–Crippen LogP) is 6.26. The number of carbonyl (C=O) groups is 2. The van der Waals surface area contributed by atoms with E-state index < -0.39 is 35.9 Å². The van der Waals surface area contributed by atoms with Crippen LogP contribution in [0.3, 0.4) is 0 Å². The van der Waals surface area contributed by atoms with Crippen LogP contribution in [0.15, 0.2) is 57.5 Å². The van der Waals surface area contributed by atoms with Gasteiger partial charge in [-0.3, -0.25) is 9.59 Å². The van der Waals surface area contributed by atoms with Crippen LogP contribution in [0.1, 0.15) is 65.5 Å². The van der Waals surface area contributed by atoms with Gasteiger partial charge in [0.25, 0.3) is 0 Å². The molecule has 168 valence electrons. The number of amides is 2. The smallest absolute Gasteiger partial charge is 0.246 e. The van der Waals surface area contributed by atoms with Crippen LogP contribution >= 0.6 is 31.9 Å². The highest BCUT2D eigenvalue weighted by atomic mass is 79.9. The van der Waals surface area contributed by atoms with Gasteiger partial charge in [-0.2, -0.15) is 0 Å². The average Bonchev–Trinajstić information content (AvgIpc) is 2.81. The number of hydrogen-bond acceptors (Lipinski definition) is 2. The molecular formula is C26H28Br2N2O2. The Morgan fingerprint density at radius 1 is 0.688 bits per heavy atom. The van der Waals surface area contributed by atoms with Crippen LogP contribution in [0.2, 0.25) is 0 Å². The third kappa shape index (κ3) is 3.63. The molecule has 0 unspecified atom stereocenters. The molecule has 3 aliphatic heterocycles. The van der Waals surface area contributed by atoms with Gasteiger partial charge in [0, 0.05) is 8.95 Å². The maximum Gasteiger partial charge on any atom is 0.246 e. The summed E-state index contributed by atoms with van der Waals surface area (Å²) in [6.07, 6.45) is 1.88. The van der Waals surface area contributed by atoms with Crippen molar-refractivity contribution < 1.29 is 12.3 Å². The highest BCUT2D eigenvalue weighted by Gasteiger charge is 2.55. The summed E-state index contributed by atoms with van der Waals surface area (Å²) in [5.41, 5.74) is 1.80. The summed E-state index contributed by atoms with van der Waals surface area (Å²) in [5.74, 6) is -0.682. The Kier molecular flexibility index (Phi) is 5.32. The van der Waals surface area contributed by atoms with Crippen LogP contribution in [-0.2, 0) is 9.59 Å². The summed E-state index contributed by atoms with van der Waals surface area (Å²) in [4.78, 5) is 31.3. The molecule has 0 aromatic heterocycles. The number of nitrogens with zero attached hydrogens (tertiary/aromatic N) is 2. The fourth-order valence-electron chi connectivity index (χ4n) is 5.60. The molecule has 0 saturated carbocycles. The van der Waals surface area contributed by atoms with Gasteiger partial charge < -0.3 is 9.80 Å². The molecule has 6 heteroatoms. The van der Waals surface area contributed by atoms with E-state index >= 15 is 0 Å². The Morgan fingerprint density at radius 3 is 1.38 bits per heavy atom. The molecule has 3 fully saturated rings. The first-order valence-electron chi connectivity index (χ1n) is 12.3. The van der Waals surface area contributed by atoms with Crippen molar-refractivity contribution in [2.45, 2.75) is 63.7 Å². The monoisotopic (exact) mass is 560 g/mol. The highest BCUT2D eigenvalue weighted by molar-refractivity contribution is 9.10. The number of piperazine rings is 1. The van der Waals surface area contributed by atoms with Crippen LogP contribution in [0.4, 0.5) is 0 Å². The van der Waals surface area contributed by atoms with Gasteiger partial charge in [0.15, 0.2) is 0 Å². The SMILES string of the molecule is [2H][C@@]12CC[C@@H](C)[C@H](c3ccc(Br)cc3)N1C(=O)[C@]1([2H])CC[C@@H](C)[C@H](c3ccc(Br)cc3)N1C2=O. The molecule has 2 aromatic carbocycles. The van der Waals surface area contributed by atoms with Crippen molar-refractivity contribution in [1.29, 1.82) is 0 Å². The lowest BCUT2D eigenvalue weighted by atomic mass is 9.76. The van der Waals surface area contributed by atoms with E-state index in [1.165, 1.54) is 9.80 Å². The second-order valence-electron chi connectivity index (χ2n) is 9.27. The first kappa shape index (κ1) is 19.8. The predicted molar refractivity (Wildman–Crippen MR) is 132 cm³/mol. The van der Waals surface area contributed by atoms with E-state index in [4.69, 9.17) is 0 Å². The lowest BCUT2D eigenvalue weighted by molar-refractivity contribution is -0.177. The van der Waals surface area contributed by atoms with E-state index in [1.54, 1.807) is 0 Å². The molecule has 5 rings (SSSR count). The van der Waals surface area contributed by atoms with Crippen molar-refractivity contribution in [1.82, 2.24) is 9.80 Å². The summed E-state index contributed by atoms with van der Waals surface area (Å²) in [7, 11) is 0. The lowest BCUT2D eigenvalue weighted by Crippen LogP contribution is -2.69. The van der Waals surface area contributed by atoms with E-state index in [1.807, 2.05) is 48.5 Å². The van der Waals surface area contributed by atoms with Crippen molar-refractivity contribution in [2.75, 3.05) is 0 Å². The largest absolute Gasteiger partial charge is 0.322 e. The van der Waals surface area contributed by atoms with Crippen LogP contribution in [-0.4, -0.2) is 33.6 Å². The number of halogens is 2. The quantitative estimate of drug-likeness (QED) is 0.434. The van der Waals surface area contributed by atoms with Crippen LogP contribution in [0.25, 0.3) is 0 Å². The van der Waals surface area contributed by atoms with Gasteiger partial charge in [-0.15, -0.1) is 0 Å². The molecule has 2 amide bonds. The Bertz CT molecular complexity index is 1040.